The van der Waals surface area contributed by atoms with E-state index in [0.29, 0.717) is 5.56 Å². The zero-order valence-corrected chi connectivity index (χ0v) is 11.5. The second kappa shape index (κ2) is 4.96. The van der Waals surface area contributed by atoms with Crippen LogP contribution in [0.15, 0.2) is 30.0 Å². The molecule has 1 aliphatic rings. The Balaban J connectivity index is 2.38. The van der Waals surface area contributed by atoms with Crippen molar-refractivity contribution in [2.75, 3.05) is 0 Å². The molecule has 0 heterocycles. The topological polar surface area (TPSA) is 63.2 Å². The van der Waals surface area contributed by atoms with Crippen molar-refractivity contribution < 1.29 is 14.4 Å². The number of fused-ring (bicyclic) bond motifs is 1. The van der Waals surface area contributed by atoms with Crippen LogP contribution in [0.1, 0.15) is 15.9 Å². The van der Waals surface area contributed by atoms with Gasteiger partial charge in [-0.05, 0) is 11.6 Å². The van der Waals surface area contributed by atoms with Gasteiger partial charge >= 0.3 is 0 Å². The van der Waals surface area contributed by atoms with Gasteiger partial charge in [0.05, 0.1) is 5.70 Å². The molecule has 1 aromatic carbocycles. The van der Waals surface area contributed by atoms with Crippen molar-refractivity contribution >= 4 is 58.4 Å². The Morgan fingerprint density at radius 3 is 2.32 bits per heavy atom. The van der Waals surface area contributed by atoms with Gasteiger partial charge in [-0.1, -0.05) is 59.1 Å². The molecule has 2 rings (SSSR count). The maximum Gasteiger partial charge on any atom is 0.276 e. The van der Waals surface area contributed by atoms with E-state index in [1.165, 1.54) is 12.1 Å². The lowest BCUT2D eigenvalue weighted by atomic mass is 9.93. The molecule has 0 aliphatic heterocycles. The summed E-state index contributed by atoms with van der Waals surface area (Å²) in [5.41, 5.74) is 0.589. The third-order valence-electron chi connectivity index (χ3n) is 2.46. The summed E-state index contributed by atoms with van der Waals surface area (Å²) in [5.74, 6) is -2.55. The maximum absolute atomic E-state index is 11.8. The number of halogens is 3. The minimum atomic E-state index is -2.21. The molecule has 0 radical (unpaired) electrons. The molecule has 0 bridgehead atoms. The Kier molecular flexibility index (Phi) is 3.67. The number of rotatable bonds is 1. The number of hydrogen-bond acceptors (Lipinski definition) is 3. The third-order valence-corrected chi connectivity index (χ3v) is 2.98. The van der Waals surface area contributed by atoms with E-state index in [2.05, 4.69) is 5.32 Å². The van der Waals surface area contributed by atoms with Crippen molar-refractivity contribution in [2.24, 2.45) is 0 Å². The molecule has 98 valence electrons. The lowest BCUT2D eigenvalue weighted by molar-refractivity contribution is -0.121. The molecule has 19 heavy (non-hydrogen) atoms. The minimum absolute atomic E-state index is 0.208. The van der Waals surface area contributed by atoms with Crippen LogP contribution in [0.25, 0.3) is 6.08 Å². The van der Waals surface area contributed by atoms with Gasteiger partial charge in [0.2, 0.25) is 11.6 Å². The average molecular weight is 319 g/mol. The fourth-order valence-corrected chi connectivity index (χ4v) is 1.72. The highest BCUT2D eigenvalue weighted by molar-refractivity contribution is 6.76. The quantitative estimate of drug-likeness (QED) is 0.638. The van der Waals surface area contributed by atoms with Crippen molar-refractivity contribution in [2.45, 2.75) is 3.79 Å². The molecule has 1 aromatic rings. The lowest BCUT2D eigenvalue weighted by Gasteiger charge is -2.17. The molecule has 4 nitrogen and oxygen atoms in total. The lowest BCUT2D eigenvalue weighted by Crippen LogP contribution is -2.39. The summed E-state index contributed by atoms with van der Waals surface area (Å²) in [6.45, 7) is 0. The number of hydrogen-bond donors (Lipinski definition) is 1. The van der Waals surface area contributed by atoms with Crippen molar-refractivity contribution in [3.63, 3.8) is 0 Å². The fourth-order valence-electron chi connectivity index (χ4n) is 1.58. The van der Waals surface area contributed by atoms with E-state index in [1.54, 1.807) is 18.2 Å². The molecule has 0 saturated carbocycles. The van der Waals surface area contributed by atoms with Crippen LogP contribution in [-0.4, -0.2) is 21.3 Å². The molecule has 0 aromatic heterocycles. The van der Waals surface area contributed by atoms with Gasteiger partial charge in [-0.2, -0.15) is 0 Å². The van der Waals surface area contributed by atoms with Gasteiger partial charge in [-0.15, -0.1) is 0 Å². The van der Waals surface area contributed by atoms with Gasteiger partial charge in [0, 0.05) is 5.56 Å². The van der Waals surface area contributed by atoms with Crippen molar-refractivity contribution in [1.82, 2.24) is 5.32 Å². The normalized spacial score (nSPS) is 14.8. The number of ketones is 2. The van der Waals surface area contributed by atoms with Gasteiger partial charge in [-0.25, -0.2) is 0 Å². The largest absolute Gasteiger partial charge is 0.319 e. The molecule has 1 N–H and O–H groups in total. The van der Waals surface area contributed by atoms with Crippen molar-refractivity contribution in [3.8, 4) is 0 Å². The van der Waals surface area contributed by atoms with E-state index in [0.717, 1.165) is 0 Å². The monoisotopic (exact) mass is 317 g/mol. The number of alkyl halides is 3. The van der Waals surface area contributed by atoms with Crippen LogP contribution in [0, 0.1) is 0 Å². The zero-order chi connectivity index (χ0) is 14.2. The van der Waals surface area contributed by atoms with Crippen LogP contribution >= 0.6 is 34.8 Å². The molecule has 0 fully saturated rings. The molecular weight excluding hydrogens is 312 g/mol. The smallest absolute Gasteiger partial charge is 0.276 e. The molecule has 0 saturated heterocycles. The van der Waals surface area contributed by atoms with Crippen molar-refractivity contribution in [1.29, 1.82) is 0 Å². The van der Waals surface area contributed by atoms with Crippen LogP contribution in [-0.2, 0) is 9.59 Å². The summed E-state index contributed by atoms with van der Waals surface area (Å²) in [7, 11) is 0. The van der Waals surface area contributed by atoms with Gasteiger partial charge in [0.15, 0.2) is 0 Å². The fraction of sp³-hybridized carbons (Fsp3) is 0.0833. The van der Waals surface area contributed by atoms with E-state index in [9.17, 15) is 14.4 Å². The first-order chi connectivity index (χ1) is 8.80. The average Bonchev–Trinajstić information content (AvgIpc) is 2.34. The zero-order valence-electron chi connectivity index (χ0n) is 9.25. The van der Waals surface area contributed by atoms with Crippen LogP contribution in [0.4, 0.5) is 0 Å². The Morgan fingerprint density at radius 1 is 1.05 bits per heavy atom. The van der Waals surface area contributed by atoms with Gasteiger partial charge < -0.3 is 5.32 Å². The second-order valence-corrected chi connectivity index (χ2v) is 6.04. The van der Waals surface area contributed by atoms with E-state index in [-0.39, 0.29) is 11.3 Å². The summed E-state index contributed by atoms with van der Waals surface area (Å²) in [6, 6.07) is 6.51. The first kappa shape index (κ1) is 14.1. The van der Waals surface area contributed by atoms with E-state index in [4.69, 9.17) is 34.8 Å². The Morgan fingerprint density at radius 2 is 1.68 bits per heavy atom. The summed E-state index contributed by atoms with van der Waals surface area (Å²) in [6.07, 6.45) is 1.37. The summed E-state index contributed by atoms with van der Waals surface area (Å²) in [4.78, 5) is 35.1. The predicted molar refractivity (Wildman–Crippen MR) is 72.2 cm³/mol. The van der Waals surface area contributed by atoms with Crippen LogP contribution in [0.2, 0.25) is 0 Å². The van der Waals surface area contributed by atoms with E-state index in [1.807, 2.05) is 0 Å². The summed E-state index contributed by atoms with van der Waals surface area (Å²) < 4.78 is -2.21. The predicted octanol–water partition coefficient (Wildman–Crippen LogP) is 2.28. The molecule has 7 heteroatoms. The third kappa shape index (κ3) is 2.81. The number of carbonyl (C=O) groups is 3. The molecule has 1 amide bonds. The number of allylic oxidation sites excluding steroid dienone is 1. The molecular formula is C12H6Cl3NO3. The van der Waals surface area contributed by atoms with Gasteiger partial charge in [0.25, 0.3) is 9.70 Å². The second-order valence-electron chi connectivity index (χ2n) is 3.76. The first-order valence-electron chi connectivity index (χ1n) is 5.08. The molecule has 1 aliphatic carbocycles. The number of carbonyl (C=O) groups excluding carboxylic acids is 3. The SMILES string of the molecule is O=C1C(=O)c2ccccc2C=C1NC(=O)C(Cl)(Cl)Cl. The maximum atomic E-state index is 11.8. The van der Waals surface area contributed by atoms with Crippen LogP contribution in [0.5, 0.6) is 0 Å². The number of benzene rings is 1. The number of nitrogens with one attached hydrogen (secondary N) is 1. The minimum Gasteiger partial charge on any atom is -0.319 e. The standard InChI is InChI=1S/C12H6Cl3NO3/c13-12(14,15)11(19)16-8-5-6-3-1-2-4-7(6)9(17)10(8)18/h1-5H,(H,16,19). The molecule has 0 unspecified atom stereocenters. The van der Waals surface area contributed by atoms with Gasteiger partial charge in [0.1, 0.15) is 0 Å². The highest BCUT2D eigenvalue weighted by Crippen LogP contribution is 2.27. The number of Topliss-reactive ketones (excluding diaryl/α,β-unsaturated/α-hetero) is 2. The van der Waals surface area contributed by atoms with Crippen LogP contribution < -0.4 is 5.32 Å². The molecule has 0 spiro atoms. The highest BCUT2D eigenvalue weighted by atomic mass is 35.6. The first-order valence-corrected chi connectivity index (χ1v) is 6.22. The summed E-state index contributed by atoms with van der Waals surface area (Å²) >= 11 is 16.1. The summed E-state index contributed by atoms with van der Waals surface area (Å²) in [5, 5.41) is 2.14. The van der Waals surface area contributed by atoms with Crippen LogP contribution in [0.3, 0.4) is 0 Å². The molecule has 0 atom stereocenters. The number of amides is 1. The Hall–Kier alpha value is -1.36. The van der Waals surface area contributed by atoms with Crippen molar-refractivity contribution in [3.05, 3.63) is 41.1 Å². The van der Waals surface area contributed by atoms with Gasteiger partial charge in [-0.3, -0.25) is 14.4 Å². The Labute approximate surface area is 123 Å². The highest BCUT2D eigenvalue weighted by Gasteiger charge is 2.35. The van der Waals surface area contributed by atoms with E-state index >= 15 is 0 Å². The van der Waals surface area contributed by atoms with E-state index < -0.39 is 21.3 Å². The Bertz CT molecular complexity index is 617.